The molecule has 0 bridgehead atoms. The predicted octanol–water partition coefficient (Wildman–Crippen LogP) is 4.38. The minimum Gasteiger partial charge on any atom is -0.409 e. The van der Waals surface area contributed by atoms with Crippen LogP contribution in [0, 0.1) is 11.8 Å². The summed E-state index contributed by atoms with van der Waals surface area (Å²) in [5.41, 5.74) is 4.07. The lowest BCUT2D eigenvalue weighted by molar-refractivity contribution is 0.552. The normalized spacial score (nSPS) is 11.4. The van der Waals surface area contributed by atoms with E-state index in [1.165, 1.54) is 0 Å². The first-order chi connectivity index (χ1) is 9.56. The van der Waals surface area contributed by atoms with E-state index in [0.29, 0.717) is 11.8 Å². The van der Waals surface area contributed by atoms with Crippen LogP contribution in [-0.2, 0) is 0 Å². The molecule has 5 heteroatoms. The van der Waals surface area contributed by atoms with E-state index in [2.05, 4.69) is 37.0 Å². The highest BCUT2D eigenvalue weighted by molar-refractivity contribution is 7.71. The van der Waals surface area contributed by atoms with Crippen molar-refractivity contribution in [1.82, 2.24) is 15.2 Å². The van der Waals surface area contributed by atoms with Gasteiger partial charge < -0.3 is 4.42 Å². The zero-order valence-corrected chi connectivity index (χ0v) is 12.4. The summed E-state index contributed by atoms with van der Waals surface area (Å²) in [5.74, 6) is 0.842. The van der Waals surface area contributed by atoms with Crippen LogP contribution in [0.3, 0.4) is 0 Å². The van der Waals surface area contributed by atoms with E-state index in [9.17, 15) is 0 Å². The third kappa shape index (κ3) is 2.14. The van der Waals surface area contributed by atoms with Crippen molar-refractivity contribution in [3.63, 3.8) is 0 Å². The number of aryl methyl sites for hydroxylation is 1. The second-order valence-corrected chi connectivity index (χ2v) is 5.51. The van der Waals surface area contributed by atoms with E-state index in [-0.39, 0.29) is 4.84 Å². The number of rotatable bonds is 2. The number of aromatic amines is 1. The SMILES string of the molecule is Cc1cccc2c(-c3n[nH]c(=S)o3)cc(C(C)C)nc12. The number of para-hydroxylation sites is 1. The Bertz CT molecular complexity index is 832. The molecular formula is C15H15N3OS. The van der Waals surface area contributed by atoms with Gasteiger partial charge in [0.15, 0.2) is 0 Å². The molecule has 1 N–H and O–H groups in total. The van der Waals surface area contributed by atoms with Crippen molar-refractivity contribution >= 4 is 23.1 Å². The minimum absolute atomic E-state index is 0.281. The van der Waals surface area contributed by atoms with Gasteiger partial charge in [0.05, 0.1) is 5.52 Å². The lowest BCUT2D eigenvalue weighted by atomic mass is 10.0. The fraction of sp³-hybridized carbons (Fsp3) is 0.267. The first-order valence-corrected chi connectivity index (χ1v) is 6.93. The Hall–Kier alpha value is -2.01. The molecule has 0 saturated carbocycles. The van der Waals surface area contributed by atoms with E-state index in [0.717, 1.165) is 27.7 Å². The summed E-state index contributed by atoms with van der Waals surface area (Å²) in [6, 6.07) is 8.13. The van der Waals surface area contributed by atoms with Gasteiger partial charge in [-0.15, -0.1) is 5.10 Å². The molecule has 0 aliphatic carbocycles. The van der Waals surface area contributed by atoms with Crippen molar-refractivity contribution in [1.29, 1.82) is 0 Å². The maximum absolute atomic E-state index is 5.47. The van der Waals surface area contributed by atoms with Gasteiger partial charge >= 0.3 is 0 Å². The molecule has 0 saturated heterocycles. The van der Waals surface area contributed by atoms with Gasteiger partial charge in [0.25, 0.3) is 4.84 Å². The lowest BCUT2D eigenvalue weighted by Gasteiger charge is -2.11. The Morgan fingerprint density at radius 3 is 2.75 bits per heavy atom. The van der Waals surface area contributed by atoms with E-state index in [1.807, 2.05) is 18.2 Å². The van der Waals surface area contributed by atoms with Crippen molar-refractivity contribution in [2.24, 2.45) is 0 Å². The Morgan fingerprint density at radius 1 is 1.30 bits per heavy atom. The number of fused-ring (bicyclic) bond motifs is 1. The molecule has 3 rings (SSSR count). The number of aromatic nitrogens is 3. The number of H-pyrrole nitrogens is 1. The Kier molecular flexibility index (Phi) is 3.14. The third-order valence-electron chi connectivity index (χ3n) is 3.32. The average molecular weight is 285 g/mol. The highest BCUT2D eigenvalue weighted by Crippen LogP contribution is 2.30. The van der Waals surface area contributed by atoms with Crippen LogP contribution >= 0.6 is 12.2 Å². The summed E-state index contributed by atoms with van der Waals surface area (Å²) >= 11 is 4.97. The van der Waals surface area contributed by atoms with Crippen LogP contribution in [0.4, 0.5) is 0 Å². The van der Waals surface area contributed by atoms with Crippen LogP contribution in [0.5, 0.6) is 0 Å². The van der Waals surface area contributed by atoms with Gasteiger partial charge in [-0.25, -0.2) is 5.10 Å². The summed E-state index contributed by atoms with van der Waals surface area (Å²) < 4.78 is 5.47. The van der Waals surface area contributed by atoms with Crippen molar-refractivity contribution in [2.75, 3.05) is 0 Å². The van der Waals surface area contributed by atoms with Crippen molar-refractivity contribution in [3.05, 3.63) is 40.4 Å². The van der Waals surface area contributed by atoms with E-state index < -0.39 is 0 Å². The fourth-order valence-electron chi connectivity index (χ4n) is 2.23. The Labute approximate surface area is 121 Å². The zero-order valence-electron chi connectivity index (χ0n) is 11.6. The molecule has 3 aromatic rings. The Balaban J connectivity index is 2.39. The molecule has 0 unspecified atom stereocenters. The van der Waals surface area contributed by atoms with Crippen LogP contribution in [-0.4, -0.2) is 15.2 Å². The van der Waals surface area contributed by atoms with Gasteiger partial charge in [0.1, 0.15) is 0 Å². The van der Waals surface area contributed by atoms with Crippen molar-refractivity contribution < 1.29 is 4.42 Å². The highest BCUT2D eigenvalue weighted by Gasteiger charge is 2.14. The molecule has 1 aromatic carbocycles. The van der Waals surface area contributed by atoms with Crippen LogP contribution in [0.1, 0.15) is 31.0 Å². The quantitative estimate of drug-likeness (QED) is 0.710. The number of nitrogens with one attached hydrogen (secondary N) is 1. The second-order valence-electron chi connectivity index (χ2n) is 5.14. The van der Waals surface area contributed by atoms with E-state index in [1.54, 1.807) is 0 Å². The van der Waals surface area contributed by atoms with Gasteiger partial charge in [-0.05, 0) is 36.7 Å². The number of benzene rings is 1. The van der Waals surface area contributed by atoms with Gasteiger partial charge in [-0.2, -0.15) is 0 Å². The second kappa shape index (κ2) is 4.83. The summed E-state index contributed by atoms with van der Waals surface area (Å²) in [6.45, 7) is 6.30. The van der Waals surface area contributed by atoms with Gasteiger partial charge in [0.2, 0.25) is 5.89 Å². The van der Waals surface area contributed by atoms with E-state index >= 15 is 0 Å². The van der Waals surface area contributed by atoms with Crippen LogP contribution in [0.2, 0.25) is 0 Å². The number of hydrogen-bond acceptors (Lipinski definition) is 4. The van der Waals surface area contributed by atoms with Crippen LogP contribution in [0.15, 0.2) is 28.7 Å². The smallest absolute Gasteiger partial charge is 0.284 e. The number of hydrogen-bond donors (Lipinski definition) is 1. The maximum atomic E-state index is 5.47. The standard InChI is InChI=1S/C15H15N3OS/c1-8(2)12-7-11(14-17-18-15(20)19-14)10-6-4-5-9(3)13(10)16-12/h4-8H,1-3H3,(H,18,20). The van der Waals surface area contributed by atoms with Gasteiger partial charge in [-0.1, -0.05) is 32.0 Å². The molecule has 0 radical (unpaired) electrons. The molecule has 2 aromatic heterocycles. The fourth-order valence-corrected chi connectivity index (χ4v) is 2.35. The topological polar surface area (TPSA) is 54.7 Å². The summed E-state index contributed by atoms with van der Waals surface area (Å²) in [5, 5.41) is 7.84. The summed E-state index contributed by atoms with van der Waals surface area (Å²) in [4.78, 5) is 5.04. The maximum Gasteiger partial charge on any atom is 0.284 e. The number of nitrogens with zero attached hydrogens (tertiary/aromatic N) is 2. The molecule has 0 atom stereocenters. The zero-order chi connectivity index (χ0) is 14.3. The summed E-state index contributed by atoms with van der Waals surface area (Å²) in [7, 11) is 0. The molecule has 102 valence electrons. The molecule has 0 spiro atoms. The van der Waals surface area contributed by atoms with Crippen molar-refractivity contribution in [3.8, 4) is 11.5 Å². The van der Waals surface area contributed by atoms with Gasteiger partial charge in [0, 0.05) is 16.6 Å². The average Bonchev–Trinajstić information content (AvgIpc) is 2.84. The predicted molar refractivity (Wildman–Crippen MR) is 81.3 cm³/mol. The molecular weight excluding hydrogens is 270 g/mol. The molecule has 0 aliphatic rings. The summed E-state index contributed by atoms with van der Waals surface area (Å²) in [6.07, 6.45) is 0. The first-order valence-electron chi connectivity index (χ1n) is 6.52. The van der Waals surface area contributed by atoms with Crippen LogP contribution < -0.4 is 0 Å². The largest absolute Gasteiger partial charge is 0.409 e. The molecule has 0 aliphatic heterocycles. The van der Waals surface area contributed by atoms with E-state index in [4.69, 9.17) is 21.6 Å². The first kappa shape index (κ1) is 13.0. The van der Waals surface area contributed by atoms with Crippen molar-refractivity contribution in [2.45, 2.75) is 26.7 Å². The Morgan fingerprint density at radius 2 is 2.10 bits per heavy atom. The number of pyridine rings is 1. The molecule has 20 heavy (non-hydrogen) atoms. The third-order valence-corrected chi connectivity index (χ3v) is 3.50. The molecule has 2 heterocycles. The van der Waals surface area contributed by atoms with Crippen LogP contribution in [0.25, 0.3) is 22.4 Å². The van der Waals surface area contributed by atoms with Gasteiger partial charge in [-0.3, -0.25) is 4.98 Å². The minimum atomic E-state index is 0.281. The molecule has 4 nitrogen and oxygen atoms in total. The lowest BCUT2D eigenvalue weighted by Crippen LogP contribution is -1.97. The monoisotopic (exact) mass is 285 g/mol. The highest BCUT2D eigenvalue weighted by atomic mass is 32.1. The molecule has 0 fully saturated rings. The molecule has 0 amide bonds.